The van der Waals surface area contributed by atoms with Gasteiger partial charge in [-0.15, -0.1) is 0 Å². The number of nitriles is 1. The summed E-state index contributed by atoms with van der Waals surface area (Å²) in [6, 6.07) is 0. The molecular formula is C17H36NOSSn2. The molecule has 0 atom stereocenters. The molecule has 0 aliphatic carbocycles. The Morgan fingerprint density at radius 1 is 0.864 bits per heavy atom. The van der Waals surface area contributed by atoms with Gasteiger partial charge in [0.25, 0.3) is 0 Å². The van der Waals surface area contributed by atoms with Gasteiger partial charge in [-0.3, -0.25) is 0 Å². The van der Waals surface area contributed by atoms with Crippen molar-refractivity contribution in [1.29, 1.82) is 5.26 Å². The van der Waals surface area contributed by atoms with Crippen molar-refractivity contribution in [2.24, 2.45) is 0 Å². The van der Waals surface area contributed by atoms with Gasteiger partial charge in [0.05, 0.1) is 0 Å². The van der Waals surface area contributed by atoms with E-state index in [0.29, 0.717) is 0 Å². The van der Waals surface area contributed by atoms with Gasteiger partial charge in [0, 0.05) is 0 Å². The summed E-state index contributed by atoms with van der Waals surface area (Å²) >= 11 is -4.43. The predicted octanol–water partition coefficient (Wildman–Crippen LogP) is 6.85. The molecule has 0 amide bonds. The first-order valence-electron chi connectivity index (χ1n) is 9.28. The van der Waals surface area contributed by atoms with Crippen LogP contribution >= 0.6 is 8.95 Å². The van der Waals surface area contributed by atoms with E-state index in [1.807, 2.05) is 0 Å². The van der Waals surface area contributed by atoms with E-state index in [-0.39, 0.29) is 0 Å². The molecule has 5 heteroatoms. The fraction of sp³-hybridized carbons (Fsp3) is 0.941. The summed E-state index contributed by atoms with van der Waals surface area (Å²) in [7, 11) is 1.64. The molecule has 0 fully saturated rings. The first kappa shape index (κ1) is 23.4. The quantitative estimate of drug-likeness (QED) is 0.168. The Morgan fingerprint density at radius 2 is 1.32 bits per heavy atom. The molecular weight excluding hydrogens is 504 g/mol. The van der Waals surface area contributed by atoms with E-state index >= 15 is 0 Å². The minimum atomic E-state index is -2.71. The number of hydrogen-bond acceptors (Lipinski definition) is 3. The second kappa shape index (κ2) is 15.9. The summed E-state index contributed by atoms with van der Waals surface area (Å²) in [5.74, 6) is 0. The standard InChI is InChI=1S/4C4H9.CHNS.O.2Sn/c4*1-3-4-2;2-1-3;;;/h4*1,3-4H2,2H3;3H;;;/q;;;;;;;+1/p-1. The van der Waals surface area contributed by atoms with Crippen LogP contribution in [0.25, 0.3) is 0 Å². The number of hydrogen-bond donors (Lipinski definition) is 0. The van der Waals surface area contributed by atoms with Crippen LogP contribution in [0.15, 0.2) is 0 Å². The number of nitrogens with zero attached hydrogens (tertiary/aromatic N) is 1. The number of unbranched alkanes of at least 4 members (excludes halogenated alkanes) is 4. The first-order valence-corrected chi connectivity index (χ1v) is 24.0. The van der Waals surface area contributed by atoms with Crippen LogP contribution in [0, 0.1) is 10.7 Å². The summed E-state index contributed by atoms with van der Waals surface area (Å²) in [4.78, 5) is 0. The maximum atomic E-state index is 9.37. The molecule has 0 heterocycles. The Morgan fingerprint density at radius 3 is 1.68 bits per heavy atom. The summed E-state index contributed by atoms with van der Waals surface area (Å²) in [5.41, 5.74) is 0. The molecule has 0 rings (SSSR count). The van der Waals surface area contributed by atoms with Gasteiger partial charge in [0.1, 0.15) is 0 Å². The molecule has 0 unspecified atom stereocenters. The molecule has 129 valence electrons. The molecule has 22 heavy (non-hydrogen) atoms. The zero-order valence-corrected chi connectivity index (χ0v) is 21.8. The number of thiocyanates is 1. The minimum absolute atomic E-state index is 1.24. The first-order chi connectivity index (χ1) is 10.7. The third-order valence-electron chi connectivity index (χ3n) is 4.00. The molecule has 0 aromatic carbocycles. The van der Waals surface area contributed by atoms with E-state index in [0.717, 1.165) is 0 Å². The van der Waals surface area contributed by atoms with E-state index in [1.54, 1.807) is 8.95 Å². The van der Waals surface area contributed by atoms with Crippen LogP contribution in [-0.4, -0.2) is 37.6 Å². The summed E-state index contributed by atoms with van der Waals surface area (Å²) in [6.45, 7) is 9.10. The van der Waals surface area contributed by atoms with Crippen molar-refractivity contribution in [3.05, 3.63) is 0 Å². The average Bonchev–Trinajstić information content (AvgIpc) is 2.53. The van der Waals surface area contributed by atoms with Gasteiger partial charge in [0.2, 0.25) is 0 Å². The molecule has 0 spiro atoms. The van der Waals surface area contributed by atoms with E-state index in [1.165, 1.54) is 69.1 Å². The molecule has 0 bridgehead atoms. The van der Waals surface area contributed by atoms with Crippen LogP contribution in [0.5, 0.6) is 0 Å². The Bertz CT molecular complexity index is 281. The van der Waals surface area contributed by atoms with Crippen LogP contribution in [0.4, 0.5) is 0 Å². The van der Waals surface area contributed by atoms with Gasteiger partial charge in [-0.2, -0.15) is 0 Å². The molecule has 0 aliphatic rings. The zero-order chi connectivity index (χ0) is 16.7. The van der Waals surface area contributed by atoms with Gasteiger partial charge in [-0.1, -0.05) is 0 Å². The third kappa shape index (κ3) is 11.0. The monoisotopic (exact) mass is 542 g/mol. The van der Waals surface area contributed by atoms with Crippen molar-refractivity contribution in [2.45, 2.75) is 96.8 Å². The van der Waals surface area contributed by atoms with Gasteiger partial charge in [0.15, 0.2) is 0 Å². The average molecular weight is 540 g/mol. The molecule has 1 radical (unpaired) electrons. The van der Waals surface area contributed by atoms with Crippen molar-refractivity contribution in [3.63, 3.8) is 0 Å². The van der Waals surface area contributed by atoms with Crippen molar-refractivity contribution in [1.82, 2.24) is 0 Å². The zero-order valence-electron chi connectivity index (χ0n) is 15.2. The molecule has 0 saturated carbocycles. The molecule has 2 nitrogen and oxygen atoms in total. The number of rotatable bonds is 15. The van der Waals surface area contributed by atoms with Crippen LogP contribution in [0.2, 0.25) is 17.7 Å². The summed E-state index contributed by atoms with van der Waals surface area (Å²) in [5, 5.41) is 11.8. The van der Waals surface area contributed by atoms with Crippen LogP contribution in [0.3, 0.4) is 0 Å². The molecule has 0 aromatic rings. The Balaban J connectivity index is 4.91. The van der Waals surface area contributed by atoms with E-state index in [2.05, 4.69) is 33.1 Å². The van der Waals surface area contributed by atoms with Crippen molar-refractivity contribution >= 4 is 46.5 Å². The molecule has 0 aliphatic heterocycles. The molecule has 0 N–H and O–H groups in total. The Kier molecular flexibility index (Phi) is 16.9. The second-order valence-electron chi connectivity index (χ2n) is 6.16. The molecule has 0 saturated heterocycles. The van der Waals surface area contributed by atoms with Crippen molar-refractivity contribution < 1.29 is 1.41 Å². The van der Waals surface area contributed by atoms with E-state index in [4.69, 9.17) is 1.41 Å². The topological polar surface area (TPSA) is 33.0 Å². The fourth-order valence-corrected chi connectivity index (χ4v) is 47.5. The normalized spacial score (nSPS) is 11.8. The van der Waals surface area contributed by atoms with E-state index in [9.17, 15) is 5.26 Å². The SMILES string of the molecule is CCC[CH2][Sn]([CH2]CCC)[O][Sn]([CH2]CCC)([CH2]CCC)[S]C#N. The predicted molar refractivity (Wildman–Crippen MR) is 105 cm³/mol. The van der Waals surface area contributed by atoms with Crippen molar-refractivity contribution in [3.8, 4) is 5.40 Å². The summed E-state index contributed by atoms with van der Waals surface area (Å²) in [6.07, 6.45) is 10.3. The Hall–Kier alpha value is 1.40. The van der Waals surface area contributed by atoms with Crippen LogP contribution in [-0.2, 0) is 1.41 Å². The van der Waals surface area contributed by atoms with E-state index < -0.39 is 37.6 Å². The fourth-order valence-electron chi connectivity index (χ4n) is 2.56. The van der Waals surface area contributed by atoms with Crippen molar-refractivity contribution in [2.75, 3.05) is 0 Å². The van der Waals surface area contributed by atoms with Crippen LogP contribution < -0.4 is 0 Å². The van der Waals surface area contributed by atoms with Gasteiger partial charge < -0.3 is 0 Å². The maximum absolute atomic E-state index is 9.37. The van der Waals surface area contributed by atoms with Gasteiger partial charge in [-0.25, -0.2) is 0 Å². The molecule has 0 aromatic heterocycles. The third-order valence-corrected chi connectivity index (χ3v) is 41.0. The second-order valence-corrected chi connectivity index (χ2v) is 31.8. The summed E-state index contributed by atoms with van der Waals surface area (Å²) < 4.78 is 12.4. The van der Waals surface area contributed by atoms with Gasteiger partial charge in [-0.05, 0) is 0 Å². The van der Waals surface area contributed by atoms with Gasteiger partial charge >= 0.3 is 155 Å². The van der Waals surface area contributed by atoms with Crippen LogP contribution in [0.1, 0.15) is 79.1 Å². The Labute approximate surface area is 154 Å².